The first-order valence-corrected chi connectivity index (χ1v) is 10.3. The molecule has 0 atom stereocenters. The van der Waals surface area contributed by atoms with E-state index in [9.17, 15) is 34.8 Å². The van der Waals surface area contributed by atoms with Gasteiger partial charge in [-0.05, 0) is 30.3 Å². The number of rotatable bonds is 4. The third-order valence-corrected chi connectivity index (χ3v) is 6.22. The molecule has 3 aromatic rings. The van der Waals surface area contributed by atoms with Crippen LogP contribution in [0.25, 0.3) is 22.9 Å². The Morgan fingerprint density at radius 2 is 1.48 bits per heavy atom. The summed E-state index contributed by atoms with van der Waals surface area (Å²) in [6, 6.07) is 3.65. The van der Waals surface area contributed by atoms with Crippen molar-refractivity contribution in [2.45, 2.75) is 24.2 Å². The lowest BCUT2D eigenvalue weighted by molar-refractivity contribution is -0.138. The fraction of sp³-hybridized carbons (Fsp3) is 0.278. The summed E-state index contributed by atoms with van der Waals surface area (Å²) in [4.78, 5) is 3.23. The summed E-state index contributed by atoms with van der Waals surface area (Å²) in [7, 11) is -2.76. The van der Waals surface area contributed by atoms with Crippen LogP contribution in [0.15, 0.2) is 41.4 Å². The van der Waals surface area contributed by atoms with Gasteiger partial charge in [0.25, 0.3) is 0 Å². The average molecular weight is 464 g/mol. The van der Waals surface area contributed by atoms with Gasteiger partial charge < -0.3 is 4.57 Å². The Kier molecular flexibility index (Phi) is 5.59. The smallest absolute Gasteiger partial charge is 0.309 e. The first-order valence-electron chi connectivity index (χ1n) is 8.63. The van der Waals surface area contributed by atoms with E-state index in [2.05, 4.69) is 15.2 Å². The van der Waals surface area contributed by atoms with Crippen molar-refractivity contribution in [2.75, 3.05) is 5.75 Å². The number of sulfone groups is 1. The second-order valence-electron chi connectivity index (χ2n) is 6.45. The van der Waals surface area contributed by atoms with E-state index < -0.39 is 44.0 Å². The van der Waals surface area contributed by atoms with Gasteiger partial charge in [0.15, 0.2) is 21.5 Å². The number of aromatic nitrogens is 4. The van der Waals surface area contributed by atoms with Gasteiger partial charge in [-0.25, -0.2) is 8.42 Å². The molecule has 0 N–H and O–H groups in total. The second kappa shape index (κ2) is 7.62. The van der Waals surface area contributed by atoms with E-state index in [1.807, 2.05) is 0 Å². The molecule has 0 radical (unpaired) electrons. The molecule has 0 saturated carbocycles. The minimum Gasteiger partial charge on any atom is -0.309 e. The van der Waals surface area contributed by atoms with Crippen LogP contribution < -0.4 is 0 Å². The number of nitrogens with zero attached hydrogens (tertiary/aromatic N) is 4. The summed E-state index contributed by atoms with van der Waals surface area (Å²) in [5.74, 6) is -0.739. The summed E-state index contributed by atoms with van der Waals surface area (Å²) in [5, 5.41) is 7.57. The highest BCUT2D eigenvalue weighted by Crippen LogP contribution is 2.36. The molecule has 0 aliphatic carbocycles. The number of hydrogen-bond acceptors (Lipinski definition) is 5. The van der Waals surface area contributed by atoms with Crippen LogP contribution in [-0.4, -0.2) is 33.9 Å². The largest absolute Gasteiger partial charge is 0.416 e. The van der Waals surface area contributed by atoms with Crippen LogP contribution >= 0.6 is 0 Å². The Morgan fingerprint density at radius 3 is 2.06 bits per heavy atom. The molecular weight excluding hydrogens is 450 g/mol. The molecule has 166 valence electrons. The Morgan fingerprint density at radius 1 is 0.903 bits per heavy atom. The molecule has 0 saturated heterocycles. The Bertz CT molecular complexity index is 1230. The molecule has 1 aromatic carbocycles. The molecule has 0 aliphatic heterocycles. The molecule has 3 rings (SSSR count). The maximum Gasteiger partial charge on any atom is 0.416 e. The topological polar surface area (TPSA) is 77.7 Å². The van der Waals surface area contributed by atoms with Crippen molar-refractivity contribution in [2.24, 2.45) is 7.05 Å². The highest BCUT2D eigenvalue weighted by atomic mass is 32.2. The van der Waals surface area contributed by atoms with Crippen LogP contribution in [-0.2, 0) is 29.2 Å². The first-order chi connectivity index (χ1) is 14.3. The van der Waals surface area contributed by atoms with Gasteiger partial charge in [0.1, 0.15) is 5.69 Å². The number of halogens is 6. The van der Waals surface area contributed by atoms with Gasteiger partial charge in [-0.15, -0.1) is 10.2 Å². The van der Waals surface area contributed by atoms with Gasteiger partial charge >= 0.3 is 12.4 Å². The first kappa shape index (κ1) is 22.7. The van der Waals surface area contributed by atoms with Gasteiger partial charge in [-0.1, -0.05) is 6.92 Å². The minimum atomic E-state index is -4.77. The fourth-order valence-corrected chi connectivity index (χ4v) is 3.92. The van der Waals surface area contributed by atoms with E-state index in [1.54, 1.807) is 0 Å². The molecule has 31 heavy (non-hydrogen) atoms. The van der Waals surface area contributed by atoms with E-state index >= 15 is 0 Å². The van der Waals surface area contributed by atoms with Gasteiger partial charge in [0.2, 0.25) is 0 Å². The zero-order chi connectivity index (χ0) is 23.2. The molecule has 0 fully saturated rings. The predicted molar refractivity (Wildman–Crippen MR) is 97.4 cm³/mol. The lowest BCUT2D eigenvalue weighted by Crippen LogP contribution is -2.11. The van der Waals surface area contributed by atoms with Crippen LogP contribution in [0.5, 0.6) is 0 Å². The van der Waals surface area contributed by atoms with Crippen LogP contribution in [0.4, 0.5) is 26.3 Å². The minimum absolute atomic E-state index is 0.124. The third-order valence-electron chi connectivity index (χ3n) is 4.46. The third kappa shape index (κ3) is 4.40. The molecule has 13 heteroatoms. The fourth-order valence-electron chi connectivity index (χ4n) is 2.81. The van der Waals surface area contributed by atoms with Crippen LogP contribution in [0, 0.1) is 0 Å². The maximum absolute atomic E-state index is 13.1. The van der Waals surface area contributed by atoms with E-state index in [0.717, 1.165) is 24.4 Å². The van der Waals surface area contributed by atoms with Crippen molar-refractivity contribution in [3.05, 3.63) is 47.7 Å². The molecule has 2 heterocycles. The summed E-state index contributed by atoms with van der Waals surface area (Å²) in [5.41, 5.74) is -2.50. The number of pyridine rings is 1. The van der Waals surface area contributed by atoms with Crippen molar-refractivity contribution in [1.29, 1.82) is 0 Å². The van der Waals surface area contributed by atoms with Gasteiger partial charge in [-0.2, -0.15) is 26.3 Å². The number of hydrogen-bond donors (Lipinski definition) is 0. The predicted octanol–water partition coefficient (Wildman–Crippen LogP) is 4.38. The molecule has 0 bridgehead atoms. The van der Waals surface area contributed by atoms with Crippen molar-refractivity contribution in [3.8, 4) is 22.9 Å². The van der Waals surface area contributed by atoms with Crippen LogP contribution in [0.3, 0.4) is 0 Å². The van der Waals surface area contributed by atoms with E-state index in [4.69, 9.17) is 0 Å². The van der Waals surface area contributed by atoms with Gasteiger partial charge in [-0.3, -0.25) is 4.98 Å². The molecule has 0 aliphatic rings. The zero-order valence-electron chi connectivity index (χ0n) is 16.0. The zero-order valence-corrected chi connectivity index (χ0v) is 16.8. The van der Waals surface area contributed by atoms with Gasteiger partial charge in [0.05, 0.1) is 21.8 Å². The molecule has 0 unspecified atom stereocenters. The van der Waals surface area contributed by atoms with E-state index in [-0.39, 0.29) is 22.9 Å². The summed E-state index contributed by atoms with van der Waals surface area (Å²) in [6.45, 7) is 1.27. The number of alkyl halides is 6. The van der Waals surface area contributed by atoms with E-state index in [0.29, 0.717) is 12.1 Å². The highest BCUT2D eigenvalue weighted by molar-refractivity contribution is 7.91. The quantitative estimate of drug-likeness (QED) is 0.536. The summed E-state index contributed by atoms with van der Waals surface area (Å²) < 4.78 is 104. The lowest BCUT2D eigenvalue weighted by atomic mass is 10.1. The number of benzene rings is 1. The van der Waals surface area contributed by atoms with Crippen LogP contribution in [0.2, 0.25) is 0 Å². The van der Waals surface area contributed by atoms with Gasteiger partial charge in [0, 0.05) is 18.8 Å². The van der Waals surface area contributed by atoms with Crippen molar-refractivity contribution >= 4 is 9.84 Å². The van der Waals surface area contributed by atoms with Crippen molar-refractivity contribution in [3.63, 3.8) is 0 Å². The van der Waals surface area contributed by atoms with Crippen LogP contribution in [0.1, 0.15) is 18.1 Å². The molecule has 6 nitrogen and oxygen atoms in total. The Hall–Kier alpha value is -2.96. The lowest BCUT2D eigenvalue weighted by Gasteiger charge is -2.13. The Labute approximate surface area is 172 Å². The Balaban J connectivity index is 2.19. The molecule has 2 aromatic heterocycles. The standard InChI is InChI=1S/C18H14F6N4O2S/c1-3-31(29,30)14-9-10(17(19,20)21)4-5-12(14)15-26-27-16(28(15)2)13-8-11(6-7-25-13)18(22,23)24/h4-9H,3H2,1-2H3. The highest BCUT2D eigenvalue weighted by Gasteiger charge is 2.34. The summed E-state index contributed by atoms with van der Waals surface area (Å²) >= 11 is 0. The average Bonchev–Trinajstić information content (AvgIpc) is 3.07. The summed E-state index contributed by atoms with van der Waals surface area (Å²) in [6.07, 6.45) is -8.48. The molecule has 0 spiro atoms. The van der Waals surface area contributed by atoms with Crippen molar-refractivity contribution < 1.29 is 34.8 Å². The van der Waals surface area contributed by atoms with Crippen molar-refractivity contribution in [1.82, 2.24) is 19.7 Å². The second-order valence-corrected chi connectivity index (χ2v) is 8.69. The molecule has 0 amide bonds. The normalized spacial score (nSPS) is 12.9. The monoisotopic (exact) mass is 464 g/mol. The molecular formula is C18H14F6N4O2S. The maximum atomic E-state index is 13.1. The van der Waals surface area contributed by atoms with E-state index in [1.165, 1.54) is 18.5 Å². The SMILES string of the molecule is CCS(=O)(=O)c1cc(C(F)(F)F)ccc1-c1nnc(-c2cc(C(F)(F)F)ccn2)n1C.